The van der Waals surface area contributed by atoms with E-state index >= 15 is 0 Å². The van der Waals surface area contributed by atoms with Crippen LogP contribution < -0.4 is 0 Å². The second-order valence-corrected chi connectivity index (χ2v) is 3.76. The standard InChI is InChI=1S/C9H17NO/c1-3-9(2,8-11)7-10-5-4-6-10/h8H,3-7H2,1-2H3. The molecule has 0 aromatic rings. The first-order chi connectivity index (χ1) is 5.20. The molecule has 1 rings (SSSR count). The fourth-order valence-electron chi connectivity index (χ4n) is 1.28. The van der Waals surface area contributed by atoms with Gasteiger partial charge in [0.05, 0.1) is 0 Å². The van der Waals surface area contributed by atoms with E-state index in [0.717, 1.165) is 19.3 Å². The summed E-state index contributed by atoms with van der Waals surface area (Å²) in [5.74, 6) is 0. The molecule has 1 atom stereocenters. The van der Waals surface area contributed by atoms with E-state index in [9.17, 15) is 4.79 Å². The minimum atomic E-state index is -0.0968. The molecule has 2 heteroatoms. The smallest absolute Gasteiger partial charge is 0.127 e. The number of carbonyl (C=O) groups is 1. The number of hydrogen-bond acceptors (Lipinski definition) is 2. The van der Waals surface area contributed by atoms with Gasteiger partial charge >= 0.3 is 0 Å². The summed E-state index contributed by atoms with van der Waals surface area (Å²) in [5, 5.41) is 0. The molecule has 1 heterocycles. The molecule has 0 radical (unpaired) electrons. The van der Waals surface area contributed by atoms with Gasteiger partial charge in [0.2, 0.25) is 0 Å². The zero-order valence-corrected chi connectivity index (χ0v) is 7.47. The molecule has 0 aromatic heterocycles. The first-order valence-corrected chi connectivity index (χ1v) is 4.39. The Morgan fingerprint density at radius 1 is 1.55 bits per heavy atom. The van der Waals surface area contributed by atoms with E-state index in [1.54, 1.807) is 0 Å². The molecular formula is C9H17NO. The first kappa shape index (κ1) is 8.72. The minimum absolute atomic E-state index is 0.0968. The summed E-state index contributed by atoms with van der Waals surface area (Å²) in [6, 6.07) is 0. The van der Waals surface area contributed by atoms with Gasteiger partial charge in [0.25, 0.3) is 0 Å². The Kier molecular flexibility index (Phi) is 2.66. The number of rotatable bonds is 4. The Hall–Kier alpha value is -0.370. The number of hydrogen-bond donors (Lipinski definition) is 0. The van der Waals surface area contributed by atoms with Gasteiger partial charge in [-0.3, -0.25) is 0 Å². The maximum absolute atomic E-state index is 10.7. The van der Waals surface area contributed by atoms with Crippen LogP contribution in [0.25, 0.3) is 0 Å². The third kappa shape index (κ3) is 2.03. The zero-order valence-electron chi connectivity index (χ0n) is 7.47. The fraction of sp³-hybridized carbons (Fsp3) is 0.889. The van der Waals surface area contributed by atoms with Gasteiger partial charge in [-0.15, -0.1) is 0 Å². The Balaban J connectivity index is 2.35. The molecule has 0 amide bonds. The topological polar surface area (TPSA) is 20.3 Å². The van der Waals surface area contributed by atoms with Crippen molar-refractivity contribution in [1.29, 1.82) is 0 Å². The molecule has 2 nitrogen and oxygen atoms in total. The van der Waals surface area contributed by atoms with Crippen molar-refractivity contribution in [3.63, 3.8) is 0 Å². The van der Waals surface area contributed by atoms with Gasteiger partial charge in [-0.05, 0) is 25.9 Å². The molecule has 0 N–H and O–H groups in total. The molecule has 1 aliphatic heterocycles. The summed E-state index contributed by atoms with van der Waals surface area (Å²) < 4.78 is 0. The van der Waals surface area contributed by atoms with Crippen molar-refractivity contribution in [2.24, 2.45) is 5.41 Å². The highest BCUT2D eigenvalue weighted by molar-refractivity contribution is 5.58. The van der Waals surface area contributed by atoms with E-state index < -0.39 is 0 Å². The Morgan fingerprint density at radius 3 is 2.45 bits per heavy atom. The second kappa shape index (κ2) is 3.35. The molecule has 1 saturated heterocycles. The van der Waals surface area contributed by atoms with Crippen LogP contribution in [0, 0.1) is 5.41 Å². The van der Waals surface area contributed by atoms with E-state index in [1.807, 2.05) is 6.92 Å². The second-order valence-electron chi connectivity index (χ2n) is 3.76. The largest absolute Gasteiger partial charge is 0.303 e. The quantitative estimate of drug-likeness (QED) is 0.570. The average molecular weight is 155 g/mol. The van der Waals surface area contributed by atoms with Crippen molar-refractivity contribution in [1.82, 2.24) is 4.90 Å². The zero-order chi connectivity index (χ0) is 8.32. The third-order valence-corrected chi connectivity index (χ3v) is 2.63. The third-order valence-electron chi connectivity index (χ3n) is 2.63. The number of nitrogens with zero attached hydrogens (tertiary/aromatic N) is 1. The van der Waals surface area contributed by atoms with E-state index in [0.29, 0.717) is 0 Å². The lowest BCUT2D eigenvalue weighted by Gasteiger charge is -2.36. The Labute approximate surface area is 68.6 Å². The van der Waals surface area contributed by atoms with Crippen LogP contribution >= 0.6 is 0 Å². The number of likely N-dealkylation sites (tertiary alicyclic amines) is 1. The normalized spacial score (nSPS) is 23.8. The molecule has 64 valence electrons. The summed E-state index contributed by atoms with van der Waals surface area (Å²) >= 11 is 0. The molecule has 1 unspecified atom stereocenters. The summed E-state index contributed by atoms with van der Waals surface area (Å²) in [6.07, 6.45) is 3.36. The van der Waals surface area contributed by atoms with Crippen molar-refractivity contribution in [3.05, 3.63) is 0 Å². The van der Waals surface area contributed by atoms with Gasteiger partial charge in [-0.1, -0.05) is 13.8 Å². The van der Waals surface area contributed by atoms with Crippen molar-refractivity contribution < 1.29 is 4.79 Å². The minimum Gasteiger partial charge on any atom is -0.303 e. The van der Waals surface area contributed by atoms with Crippen molar-refractivity contribution in [2.75, 3.05) is 19.6 Å². The number of carbonyl (C=O) groups excluding carboxylic acids is 1. The van der Waals surface area contributed by atoms with Crippen LogP contribution in [0.5, 0.6) is 0 Å². The summed E-state index contributed by atoms with van der Waals surface area (Å²) in [5.41, 5.74) is -0.0968. The van der Waals surface area contributed by atoms with Gasteiger partial charge in [-0.25, -0.2) is 0 Å². The molecule has 0 aliphatic carbocycles. The average Bonchev–Trinajstić information content (AvgIpc) is 1.97. The van der Waals surface area contributed by atoms with Crippen LogP contribution in [0.2, 0.25) is 0 Å². The molecule has 0 saturated carbocycles. The van der Waals surface area contributed by atoms with Gasteiger partial charge < -0.3 is 9.69 Å². The van der Waals surface area contributed by atoms with E-state index in [1.165, 1.54) is 19.5 Å². The summed E-state index contributed by atoms with van der Waals surface area (Å²) in [7, 11) is 0. The van der Waals surface area contributed by atoms with Gasteiger partial charge in [0.15, 0.2) is 0 Å². The summed E-state index contributed by atoms with van der Waals surface area (Å²) in [6.45, 7) is 7.44. The lowest BCUT2D eigenvalue weighted by atomic mass is 9.88. The van der Waals surface area contributed by atoms with Gasteiger partial charge in [0, 0.05) is 12.0 Å². The molecule has 0 bridgehead atoms. The maximum Gasteiger partial charge on any atom is 0.127 e. The SMILES string of the molecule is CCC(C)(C=O)CN1CCC1. The lowest BCUT2D eigenvalue weighted by Crippen LogP contribution is -2.44. The molecule has 1 fully saturated rings. The van der Waals surface area contributed by atoms with Gasteiger partial charge in [-0.2, -0.15) is 0 Å². The fourth-order valence-corrected chi connectivity index (χ4v) is 1.28. The van der Waals surface area contributed by atoms with E-state index in [2.05, 4.69) is 11.8 Å². The highest BCUT2D eigenvalue weighted by Crippen LogP contribution is 2.21. The van der Waals surface area contributed by atoms with E-state index in [4.69, 9.17) is 0 Å². The molecule has 0 spiro atoms. The van der Waals surface area contributed by atoms with Crippen LogP contribution in [0.4, 0.5) is 0 Å². The van der Waals surface area contributed by atoms with Crippen molar-refractivity contribution in [2.45, 2.75) is 26.7 Å². The van der Waals surface area contributed by atoms with Gasteiger partial charge in [0.1, 0.15) is 6.29 Å². The molecular weight excluding hydrogens is 138 g/mol. The molecule has 1 aliphatic rings. The molecule has 0 aromatic carbocycles. The maximum atomic E-state index is 10.7. The van der Waals surface area contributed by atoms with Crippen LogP contribution in [-0.4, -0.2) is 30.8 Å². The summed E-state index contributed by atoms with van der Waals surface area (Å²) in [4.78, 5) is 13.1. The highest BCUT2D eigenvalue weighted by Gasteiger charge is 2.26. The van der Waals surface area contributed by atoms with E-state index in [-0.39, 0.29) is 5.41 Å². The number of aldehydes is 1. The van der Waals surface area contributed by atoms with Crippen LogP contribution in [-0.2, 0) is 4.79 Å². The predicted octanol–water partition coefficient (Wildman–Crippen LogP) is 1.31. The molecule has 11 heavy (non-hydrogen) atoms. The lowest BCUT2D eigenvalue weighted by molar-refractivity contribution is -0.117. The van der Waals surface area contributed by atoms with Crippen molar-refractivity contribution in [3.8, 4) is 0 Å². The highest BCUT2D eigenvalue weighted by atomic mass is 16.1. The Morgan fingerprint density at radius 2 is 2.18 bits per heavy atom. The predicted molar refractivity (Wildman–Crippen MR) is 45.5 cm³/mol. The van der Waals surface area contributed by atoms with Crippen molar-refractivity contribution >= 4 is 6.29 Å². The van der Waals surface area contributed by atoms with Crippen LogP contribution in [0.1, 0.15) is 26.7 Å². The van der Waals surface area contributed by atoms with Crippen LogP contribution in [0.3, 0.4) is 0 Å². The van der Waals surface area contributed by atoms with Crippen LogP contribution in [0.15, 0.2) is 0 Å². The first-order valence-electron chi connectivity index (χ1n) is 4.39. The monoisotopic (exact) mass is 155 g/mol. The Bertz CT molecular complexity index is 142.